The van der Waals surface area contributed by atoms with Gasteiger partial charge in [-0.25, -0.2) is 0 Å². The Hall–Kier alpha value is 0.660. The Morgan fingerprint density at radius 3 is 2.20 bits per heavy atom. The van der Waals surface area contributed by atoms with Crippen molar-refractivity contribution in [1.29, 1.82) is 0 Å². The lowest BCUT2D eigenvalue weighted by Gasteiger charge is -2.27. The third-order valence-corrected chi connectivity index (χ3v) is 2.95. The molecule has 0 atom stereocenters. The van der Waals surface area contributed by atoms with Gasteiger partial charge < -0.3 is 4.90 Å². The highest BCUT2D eigenvalue weighted by molar-refractivity contribution is 9.28. The molecular weight excluding hydrogens is 258 g/mol. The quantitative estimate of drug-likeness (QED) is 0.635. The molecule has 3 heteroatoms. The molecule has 1 saturated heterocycles. The molecule has 0 aromatic carbocycles. The zero-order chi connectivity index (χ0) is 7.56. The standard InChI is InChI=1S/C7H11Br2N/c1-10-4-2-6(3-5-10)7(8)9/h10H,1-5H2. The predicted molar refractivity (Wildman–Crippen MR) is 50.2 cm³/mol. The molecule has 0 unspecified atom stereocenters. The molecule has 1 nitrogen and oxygen atoms in total. The Morgan fingerprint density at radius 1 is 1.30 bits per heavy atom. The first-order chi connectivity index (χ1) is 4.70. The van der Waals surface area contributed by atoms with Crippen LogP contribution in [0.5, 0.6) is 0 Å². The summed E-state index contributed by atoms with van der Waals surface area (Å²) in [4.78, 5) is 1.39. The number of nitrogens with one attached hydrogen (secondary N) is 1. The Morgan fingerprint density at radius 2 is 1.80 bits per heavy atom. The molecule has 1 aliphatic rings. The van der Waals surface area contributed by atoms with Crippen LogP contribution in [0.15, 0.2) is 8.96 Å². The molecule has 58 valence electrons. The van der Waals surface area contributed by atoms with Crippen LogP contribution in [0.4, 0.5) is 0 Å². The number of halogens is 2. The van der Waals surface area contributed by atoms with Gasteiger partial charge in [0.15, 0.2) is 0 Å². The van der Waals surface area contributed by atoms with Crippen LogP contribution in [0.25, 0.3) is 0 Å². The Bertz CT molecular complexity index is 140. The van der Waals surface area contributed by atoms with E-state index in [1.165, 1.54) is 23.3 Å². The fourth-order valence-electron chi connectivity index (χ4n) is 1.09. The van der Waals surface area contributed by atoms with Crippen LogP contribution in [0.3, 0.4) is 0 Å². The molecule has 1 rings (SSSR count). The van der Waals surface area contributed by atoms with Gasteiger partial charge in [0, 0.05) is 12.8 Å². The summed E-state index contributed by atoms with van der Waals surface area (Å²) in [5.74, 6) is 0. The summed E-state index contributed by atoms with van der Waals surface area (Å²) in [5, 5.41) is 0. The third kappa shape index (κ3) is 2.36. The van der Waals surface area contributed by atoms with E-state index in [0.717, 1.165) is 16.5 Å². The van der Waals surface area contributed by atoms with E-state index in [-0.39, 0.29) is 0 Å². The van der Waals surface area contributed by atoms with E-state index >= 15 is 0 Å². The SMILES string of the molecule is [CH2-][NH+]1CCC(=C(Br)Br)CC1. The van der Waals surface area contributed by atoms with Gasteiger partial charge in [0.2, 0.25) is 0 Å². The second kappa shape index (κ2) is 3.88. The van der Waals surface area contributed by atoms with Gasteiger partial charge >= 0.3 is 0 Å². The normalized spacial score (nSPS) is 26.7. The molecule has 0 radical (unpaired) electrons. The van der Waals surface area contributed by atoms with E-state index in [1.807, 2.05) is 0 Å². The largest absolute Gasteiger partial charge is 0.467 e. The molecule has 0 saturated carbocycles. The van der Waals surface area contributed by atoms with Crippen molar-refractivity contribution in [1.82, 2.24) is 0 Å². The molecule has 1 fully saturated rings. The number of quaternary nitrogens is 1. The molecule has 1 aliphatic heterocycles. The monoisotopic (exact) mass is 267 g/mol. The highest BCUT2D eigenvalue weighted by Gasteiger charge is 2.11. The van der Waals surface area contributed by atoms with Crippen LogP contribution < -0.4 is 4.90 Å². The molecule has 1 heterocycles. The van der Waals surface area contributed by atoms with Crippen LogP contribution in [-0.2, 0) is 0 Å². The van der Waals surface area contributed by atoms with Crippen molar-refractivity contribution in [2.75, 3.05) is 13.1 Å². The van der Waals surface area contributed by atoms with Gasteiger partial charge in [-0.2, -0.15) is 7.05 Å². The average molecular weight is 269 g/mol. The number of hydrogen-bond donors (Lipinski definition) is 1. The van der Waals surface area contributed by atoms with E-state index in [4.69, 9.17) is 0 Å². The highest BCUT2D eigenvalue weighted by Crippen LogP contribution is 2.24. The van der Waals surface area contributed by atoms with Gasteiger partial charge in [-0.3, -0.25) is 0 Å². The minimum atomic E-state index is 1.15. The van der Waals surface area contributed by atoms with Crippen molar-refractivity contribution in [3.05, 3.63) is 16.0 Å². The number of likely N-dealkylation sites (tertiary alicyclic amines) is 1. The van der Waals surface area contributed by atoms with Crippen LogP contribution in [0, 0.1) is 7.05 Å². The summed E-state index contributed by atoms with van der Waals surface area (Å²) >= 11 is 6.84. The summed E-state index contributed by atoms with van der Waals surface area (Å²) in [5.41, 5.74) is 1.49. The lowest BCUT2D eigenvalue weighted by molar-refractivity contribution is -0.856. The predicted octanol–water partition coefficient (Wildman–Crippen LogP) is 1.46. The first-order valence-electron chi connectivity index (χ1n) is 3.40. The topological polar surface area (TPSA) is 4.44 Å². The average Bonchev–Trinajstić information content (AvgIpc) is 1.88. The lowest BCUT2D eigenvalue weighted by atomic mass is 10.1. The molecule has 1 N–H and O–H groups in total. The van der Waals surface area contributed by atoms with Crippen molar-refractivity contribution in [2.45, 2.75) is 12.8 Å². The van der Waals surface area contributed by atoms with Crippen molar-refractivity contribution >= 4 is 31.9 Å². The zero-order valence-corrected chi connectivity index (χ0v) is 8.96. The van der Waals surface area contributed by atoms with Gasteiger partial charge in [-0.05, 0) is 37.4 Å². The van der Waals surface area contributed by atoms with Crippen molar-refractivity contribution < 1.29 is 4.90 Å². The van der Waals surface area contributed by atoms with E-state index in [1.54, 1.807) is 0 Å². The Balaban J connectivity index is 2.48. The van der Waals surface area contributed by atoms with Crippen LogP contribution >= 0.6 is 31.9 Å². The van der Waals surface area contributed by atoms with Gasteiger partial charge in [-0.1, -0.05) is 0 Å². The van der Waals surface area contributed by atoms with Crippen LogP contribution in [0.1, 0.15) is 12.8 Å². The summed E-state index contributed by atoms with van der Waals surface area (Å²) in [6.07, 6.45) is 2.34. The minimum Gasteiger partial charge on any atom is -0.467 e. The molecule has 0 aromatic heterocycles. The van der Waals surface area contributed by atoms with Crippen molar-refractivity contribution in [2.24, 2.45) is 0 Å². The number of rotatable bonds is 0. The molecule has 0 spiro atoms. The summed E-state index contributed by atoms with van der Waals surface area (Å²) in [6, 6.07) is 0. The maximum absolute atomic E-state index is 3.95. The maximum atomic E-state index is 3.95. The molecule has 0 amide bonds. The number of hydrogen-bond acceptors (Lipinski definition) is 0. The van der Waals surface area contributed by atoms with Gasteiger partial charge in [-0.15, -0.1) is 0 Å². The zero-order valence-electron chi connectivity index (χ0n) is 5.79. The second-order valence-electron chi connectivity index (χ2n) is 2.61. The van der Waals surface area contributed by atoms with E-state index < -0.39 is 0 Å². The van der Waals surface area contributed by atoms with Crippen molar-refractivity contribution in [3.63, 3.8) is 0 Å². The Kier molecular flexibility index (Phi) is 3.40. The van der Waals surface area contributed by atoms with Gasteiger partial charge in [0.05, 0.1) is 16.5 Å². The van der Waals surface area contributed by atoms with Gasteiger partial charge in [0.25, 0.3) is 0 Å². The molecule has 0 bridgehead atoms. The van der Waals surface area contributed by atoms with Crippen LogP contribution in [0.2, 0.25) is 0 Å². The lowest BCUT2D eigenvalue weighted by Crippen LogP contribution is -3.07. The first kappa shape index (κ1) is 8.75. The van der Waals surface area contributed by atoms with Crippen LogP contribution in [-0.4, -0.2) is 13.1 Å². The Labute approximate surface area is 78.7 Å². The minimum absolute atomic E-state index is 1.15. The maximum Gasteiger partial charge on any atom is 0.0600 e. The fraction of sp³-hybridized carbons (Fsp3) is 0.571. The molecular formula is C7H11Br2N. The van der Waals surface area contributed by atoms with E-state index in [0.29, 0.717) is 0 Å². The van der Waals surface area contributed by atoms with Crippen molar-refractivity contribution in [3.8, 4) is 0 Å². The third-order valence-electron chi connectivity index (χ3n) is 1.83. The molecule has 0 aliphatic carbocycles. The molecule has 0 aromatic rings. The number of piperidine rings is 1. The summed E-state index contributed by atoms with van der Waals surface area (Å²) < 4.78 is 1.15. The first-order valence-corrected chi connectivity index (χ1v) is 4.98. The smallest absolute Gasteiger partial charge is 0.0600 e. The summed E-state index contributed by atoms with van der Waals surface area (Å²) in [7, 11) is 3.95. The molecule has 10 heavy (non-hydrogen) atoms. The highest BCUT2D eigenvalue weighted by atomic mass is 79.9. The van der Waals surface area contributed by atoms with E-state index in [9.17, 15) is 0 Å². The fourth-order valence-corrected chi connectivity index (χ4v) is 1.89. The second-order valence-corrected chi connectivity index (χ2v) is 5.26. The summed E-state index contributed by atoms with van der Waals surface area (Å²) in [6.45, 7) is 2.33. The van der Waals surface area contributed by atoms with E-state index in [2.05, 4.69) is 38.9 Å². The van der Waals surface area contributed by atoms with Gasteiger partial charge in [0.1, 0.15) is 0 Å².